The van der Waals surface area contributed by atoms with Crippen molar-refractivity contribution in [1.29, 1.82) is 0 Å². The van der Waals surface area contributed by atoms with Crippen LogP contribution in [0.5, 0.6) is 5.75 Å². The van der Waals surface area contributed by atoms with Crippen LogP contribution in [0, 0.1) is 0 Å². The molecule has 0 radical (unpaired) electrons. The summed E-state index contributed by atoms with van der Waals surface area (Å²) >= 11 is 0. The maximum Gasteiger partial charge on any atom is 0.185 e. The summed E-state index contributed by atoms with van der Waals surface area (Å²) in [4.78, 5) is 14.7. The summed E-state index contributed by atoms with van der Waals surface area (Å²) in [5.41, 5.74) is 1.54. The van der Waals surface area contributed by atoms with Gasteiger partial charge in [-0.1, -0.05) is 12.2 Å². The number of ketones is 1. The van der Waals surface area contributed by atoms with Crippen LogP contribution in [0.15, 0.2) is 60.8 Å². The monoisotopic (exact) mass is 239 g/mol. The number of carbonyl (C=O) groups is 1. The van der Waals surface area contributed by atoms with Crippen molar-refractivity contribution in [2.75, 3.05) is 0 Å². The zero-order valence-corrected chi connectivity index (χ0v) is 9.71. The molecular formula is C15H13NO2. The van der Waals surface area contributed by atoms with Crippen molar-refractivity contribution < 1.29 is 9.90 Å². The molecule has 2 aromatic rings. The second-order valence-corrected chi connectivity index (χ2v) is 3.75. The normalized spacial score (nSPS) is 11.3. The predicted octanol–water partition coefficient (Wildman–Crippen LogP) is 3.17. The van der Waals surface area contributed by atoms with Gasteiger partial charge in [0.25, 0.3) is 0 Å². The molecule has 1 aromatic heterocycles. The van der Waals surface area contributed by atoms with Gasteiger partial charge in [-0.05, 0) is 48.6 Å². The van der Waals surface area contributed by atoms with E-state index in [1.807, 2.05) is 24.4 Å². The van der Waals surface area contributed by atoms with Crippen LogP contribution in [0.4, 0.5) is 0 Å². The lowest BCUT2D eigenvalue weighted by Gasteiger charge is -1.95. The Balaban J connectivity index is 1.97. The molecule has 1 aromatic carbocycles. The summed E-state index contributed by atoms with van der Waals surface area (Å²) < 4.78 is 0. The number of H-pyrrole nitrogens is 1. The zero-order valence-electron chi connectivity index (χ0n) is 9.71. The largest absolute Gasteiger partial charge is 0.508 e. The topological polar surface area (TPSA) is 53.1 Å². The summed E-state index contributed by atoms with van der Waals surface area (Å²) in [6, 6.07) is 10.0. The van der Waals surface area contributed by atoms with Gasteiger partial charge in [0.15, 0.2) is 5.78 Å². The van der Waals surface area contributed by atoms with Gasteiger partial charge in [0, 0.05) is 17.5 Å². The number of phenols is 1. The van der Waals surface area contributed by atoms with Gasteiger partial charge in [-0.25, -0.2) is 0 Å². The number of phenolic OH excluding ortho intramolecular Hbond substituents is 1. The lowest BCUT2D eigenvalue weighted by molar-refractivity contribution is 0.104. The maximum absolute atomic E-state index is 11.7. The Kier molecular flexibility index (Phi) is 3.76. The Morgan fingerprint density at radius 2 is 1.89 bits per heavy atom. The van der Waals surface area contributed by atoms with Gasteiger partial charge in [-0.3, -0.25) is 4.79 Å². The summed E-state index contributed by atoms with van der Waals surface area (Å²) in [6.45, 7) is 0. The first-order chi connectivity index (χ1) is 8.75. The SMILES string of the molecule is O=C(/C=C/C=C/c1ccc[nH]1)c1ccc(O)cc1. The third-order valence-electron chi connectivity index (χ3n) is 2.41. The summed E-state index contributed by atoms with van der Waals surface area (Å²) in [7, 11) is 0. The van der Waals surface area contributed by atoms with Crippen LogP contribution in [-0.4, -0.2) is 15.9 Å². The number of allylic oxidation sites excluding steroid dienone is 3. The minimum absolute atomic E-state index is 0.0915. The molecule has 3 nitrogen and oxygen atoms in total. The van der Waals surface area contributed by atoms with Crippen molar-refractivity contribution >= 4 is 11.9 Å². The molecule has 0 saturated carbocycles. The van der Waals surface area contributed by atoms with Crippen molar-refractivity contribution in [3.63, 3.8) is 0 Å². The van der Waals surface area contributed by atoms with Crippen LogP contribution >= 0.6 is 0 Å². The van der Waals surface area contributed by atoms with Gasteiger partial charge < -0.3 is 10.1 Å². The number of aromatic hydroxyl groups is 1. The fourth-order valence-corrected chi connectivity index (χ4v) is 1.47. The molecule has 2 rings (SSSR count). The minimum Gasteiger partial charge on any atom is -0.508 e. The minimum atomic E-state index is -0.0915. The van der Waals surface area contributed by atoms with Gasteiger partial charge in [-0.2, -0.15) is 0 Å². The van der Waals surface area contributed by atoms with Gasteiger partial charge in [0.1, 0.15) is 5.75 Å². The van der Waals surface area contributed by atoms with E-state index in [-0.39, 0.29) is 11.5 Å². The van der Waals surface area contributed by atoms with Gasteiger partial charge in [0.05, 0.1) is 0 Å². The maximum atomic E-state index is 11.7. The number of nitrogens with one attached hydrogen (secondary N) is 1. The summed E-state index contributed by atoms with van der Waals surface area (Å²) in [5, 5.41) is 9.11. The second kappa shape index (κ2) is 5.68. The van der Waals surface area contributed by atoms with Crippen molar-refractivity contribution in [2.45, 2.75) is 0 Å². The Morgan fingerprint density at radius 1 is 1.11 bits per heavy atom. The quantitative estimate of drug-likeness (QED) is 0.489. The Bertz CT molecular complexity index is 563. The Morgan fingerprint density at radius 3 is 2.56 bits per heavy atom. The molecule has 0 aliphatic heterocycles. The molecule has 0 aliphatic rings. The van der Waals surface area contributed by atoms with Crippen molar-refractivity contribution in [3.05, 3.63) is 72.1 Å². The van der Waals surface area contributed by atoms with E-state index < -0.39 is 0 Å². The fraction of sp³-hybridized carbons (Fsp3) is 0. The van der Waals surface area contributed by atoms with E-state index in [4.69, 9.17) is 5.11 Å². The molecule has 0 bridgehead atoms. The molecule has 0 fully saturated rings. The van der Waals surface area contributed by atoms with Crippen LogP contribution in [0.2, 0.25) is 0 Å². The van der Waals surface area contributed by atoms with E-state index in [2.05, 4.69) is 4.98 Å². The Hall–Kier alpha value is -2.55. The average Bonchev–Trinajstić information content (AvgIpc) is 2.88. The smallest absolute Gasteiger partial charge is 0.185 e. The second-order valence-electron chi connectivity index (χ2n) is 3.75. The van der Waals surface area contributed by atoms with Gasteiger partial charge in [0.2, 0.25) is 0 Å². The number of hydrogen-bond donors (Lipinski definition) is 2. The summed E-state index contributed by atoms with van der Waals surface area (Å²) in [5.74, 6) is 0.0632. The van der Waals surface area contributed by atoms with E-state index in [1.54, 1.807) is 24.3 Å². The molecule has 90 valence electrons. The molecule has 1 heterocycles. The predicted molar refractivity (Wildman–Crippen MR) is 71.4 cm³/mol. The molecule has 2 N–H and O–H groups in total. The average molecular weight is 239 g/mol. The Labute approximate surface area is 105 Å². The summed E-state index contributed by atoms with van der Waals surface area (Å²) in [6.07, 6.45) is 8.69. The molecule has 18 heavy (non-hydrogen) atoms. The van der Waals surface area contributed by atoms with Gasteiger partial charge >= 0.3 is 0 Å². The lowest BCUT2D eigenvalue weighted by atomic mass is 10.1. The molecule has 3 heteroatoms. The first-order valence-corrected chi connectivity index (χ1v) is 5.57. The van der Waals surface area contributed by atoms with Crippen molar-refractivity contribution in [1.82, 2.24) is 4.98 Å². The van der Waals surface area contributed by atoms with Crippen molar-refractivity contribution in [3.8, 4) is 5.75 Å². The van der Waals surface area contributed by atoms with Crippen LogP contribution in [0.25, 0.3) is 6.08 Å². The van der Waals surface area contributed by atoms with Crippen LogP contribution in [-0.2, 0) is 0 Å². The zero-order chi connectivity index (χ0) is 12.8. The highest BCUT2D eigenvalue weighted by molar-refractivity contribution is 6.04. The number of carbonyl (C=O) groups excluding carboxylic acids is 1. The highest BCUT2D eigenvalue weighted by Gasteiger charge is 1.99. The van der Waals surface area contributed by atoms with Crippen LogP contribution in [0.3, 0.4) is 0 Å². The molecule has 0 spiro atoms. The van der Waals surface area contributed by atoms with Crippen LogP contribution < -0.4 is 0 Å². The third-order valence-corrected chi connectivity index (χ3v) is 2.41. The molecule has 0 aliphatic carbocycles. The third kappa shape index (κ3) is 3.22. The first-order valence-electron chi connectivity index (χ1n) is 5.57. The highest BCUT2D eigenvalue weighted by Crippen LogP contribution is 2.10. The van der Waals surface area contributed by atoms with Gasteiger partial charge in [-0.15, -0.1) is 0 Å². The number of rotatable bonds is 4. The van der Waals surface area contributed by atoms with Crippen LogP contribution in [0.1, 0.15) is 16.1 Å². The molecular weight excluding hydrogens is 226 g/mol. The number of hydrogen-bond acceptors (Lipinski definition) is 2. The highest BCUT2D eigenvalue weighted by atomic mass is 16.3. The van der Waals surface area contributed by atoms with E-state index in [0.717, 1.165) is 5.69 Å². The number of aromatic amines is 1. The number of benzene rings is 1. The van der Waals surface area contributed by atoms with E-state index in [9.17, 15) is 4.79 Å². The lowest BCUT2D eigenvalue weighted by Crippen LogP contribution is -1.92. The first kappa shape index (κ1) is 11.9. The molecule has 0 amide bonds. The van der Waals surface area contributed by atoms with E-state index in [0.29, 0.717) is 5.56 Å². The van der Waals surface area contributed by atoms with E-state index >= 15 is 0 Å². The van der Waals surface area contributed by atoms with Crippen molar-refractivity contribution in [2.24, 2.45) is 0 Å². The standard InChI is InChI=1S/C15H13NO2/c17-14-9-7-12(8-10-14)15(18)6-2-1-4-13-5-3-11-16-13/h1-11,16-17H/b4-1+,6-2+. The van der Waals surface area contributed by atoms with E-state index in [1.165, 1.54) is 18.2 Å². The number of aromatic nitrogens is 1. The molecule has 0 unspecified atom stereocenters. The molecule has 0 saturated heterocycles. The fourth-order valence-electron chi connectivity index (χ4n) is 1.47. The molecule has 0 atom stereocenters.